The number of nitrogens with zero attached hydrogens (tertiary/aromatic N) is 1. The standard InChI is InChI=1S/C20H20N2O4/c1-3-25-19(23)21-22(20(24)26-4-2)18-16-11-7-5-9-14(16)13-15-10-6-8-12-17(15)18/h5-13H,3-4H2,1-2H3,(H,21,23). The number of hydrogen-bond donors (Lipinski definition) is 1. The molecule has 6 heteroatoms. The second-order valence-electron chi connectivity index (χ2n) is 5.53. The molecule has 0 fully saturated rings. The number of amides is 2. The Morgan fingerprint density at radius 2 is 1.42 bits per heavy atom. The summed E-state index contributed by atoms with van der Waals surface area (Å²) >= 11 is 0. The van der Waals surface area contributed by atoms with E-state index in [0.717, 1.165) is 26.6 Å². The summed E-state index contributed by atoms with van der Waals surface area (Å²) in [6.07, 6.45) is -1.40. The van der Waals surface area contributed by atoms with Crippen LogP contribution in [-0.4, -0.2) is 25.4 Å². The number of anilines is 1. The van der Waals surface area contributed by atoms with Crippen LogP contribution in [0.15, 0.2) is 54.6 Å². The van der Waals surface area contributed by atoms with Gasteiger partial charge in [-0.1, -0.05) is 48.5 Å². The third-order valence-corrected chi connectivity index (χ3v) is 3.90. The molecule has 3 aromatic carbocycles. The zero-order valence-electron chi connectivity index (χ0n) is 14.7. The summed E-state index contributed by atoms with van der Waals surface area (Å²) in [5.41, 5.74) is 3.05. The molecule has 0 aliphatic carbocycles. The van der Waals surface area contributed by atoms with E-state index in [9.17, 15) is 9.59 Å². The van der Waals surface area contributed by atoms with Crippen molar-refractivity contribution in [3.8, 4) is 0 Å². The van der Waals surface area contributed by atoms with Gasteiger partial charge in [-0.3, -0.25) is 0 Å². The first-order valence-electron chi connectivity index (χ1n) is 8.46. The second-order valence-corrected chi connectivity index (χ2v) is 5.53. The van der Waals surface area contributed by atoms with Crippen molar-refractivity contribution < 1.29 is 19.1 Å². The second kappa shape index (κ2) is 7.74. The molecule has 0 saturated carbocycles. The minimum atomic E-state index is -0.724. The van der Waals surface area contributed by atoms with Crippen LogP contribution < -0.4 is 10.4 Å². The number of ether oxygens (including phenoxy) is 2. The fourth-order valence-electron chi connectivity index (χ4n) is 2.87. The first kappa shape index (κ1) is 17.5. The van der Waals surface area contributed by atoms with E-state index >= 15 is 0 Å². The van der Waals surface area contributed by atoms with E-state index in [-0.39, 0.29) is 13.2 Å². The third kappa shape index (κ3) is 3.39. The number of carbonyl (C=O) groups is 2. The molecule has 1 N–H and O–H groups in total. The monoisotopic (exact) mass is 352 g/mol. The quantitative estimate of drug-likeness (QED) is 0.552. The summed E-state index contributed by atoms with van der Waals surface area (Å²) in [7, 11) is 0. The van der Waals surface area contributed by atoms with Gasteiger partial charge in [0.15, 0.2) is 0 Å². The molecular weight excluding hydrogens is 332 g/mol. The van der Waals surface area contributed by atoms with Crippen LogP contribution in [0.4, 0.5) is 15.3 Å². The molecule has 3 rings (SSSR count). The average molecular weight is 352 g/mol. The molecule has 0 aromatic heterocycles. The molecule has 0 bridgehead atoms. The Balaban J connectivity index is 2.24. The van der Waals surface area contributed by atoms with Gasteiger partial charge >= 0.3 is 12.2 Å². The summed E-state index contributed by atoms with van der Waals surface area (Å²) in [5, 5.41) is 4.64. The maximum Gasteiger partial charge on any atom is 0.433 e. The molecule has 0 heterocycles. The van der Waals surface area contributed by atoms with Gasteiger partial charge in [-0.05, 0) is 30.7 Å². The number of nitrogens with one attached hydrogen (secondary N) is 1. The summed E-state index contributed by atoms with van der Waals surface area (Å²) < 4.78 is 10.1. The molecule has 0 spiro atoms. The molecule has 2 amide bonds. The van der Waals surface area contributed by atoms with Crippen LogP contribution in [0.2, 0.25) is 0 Å². The minimum absolute atomic E-state index is 0.183. The molecule has 3 aromatic rings. The number of benzene rings is 3. The number of hydrogen-bond acceptors (Lipinski definition) is 4. The van der Waals surface area contributed by atoms with E-state index in [0.29, 0.717) is 5.69 Å². The van der Waals surface area contributed by atoms with Crippen LogP contribution in [0.1, 0.15) is 13.8 Å². The molecule has 6 nitrogen and oxygen atoms in total. The number of carbonyl (C=O) groups excluding carboxylic acids is 2. The number of rotatable bonds is 3. The fourth-order valence-corrected chi connectivity index (χ4v) is 2.87. The van der Waals surface area contributed by atoms with Gasteiger partial charge in [-0.15, -0.1) is 0 Å². The summed E-state index contributed by atoms with van der Waals surface area (Å²) in [4.78, 5) is 24.6. The first-order valence-corrected chi connectivity index (χ1v) is 8.46. The van der Waals surface area contributed by atoms with Crippen LogP contribution in [0.25, 0.3) is 21.5 Å². The lowest BCUT2D eigenvalue weighted by molar-refractivity contribution is 0.139. The highest BCUT2D eigenvalue weighted by atomic mass is 16.6. The van der Waals surface area contributed by atoms with Gasteiger partial charge in [0.25, 0.3) is 0 Å². The van der Waals surface area contributed by atoms with E-state index < -0.39 is 12.2 Å². The normalized spacial score (nSPS) is 10.5. The molecule has 0 radical (unpaired) electrons. The molecule has 0 saturated heterocycles. The Hall–Kier alpha value is -3.28. The molecule has 0 aliphatic heterocycles. The smallest absolute Gasteiger partial charge is 0.433 e. The van der Waals surface area contributed by atoms with Crippen molar-refractivity contribution in [2.45, 2.75) is 13.8 Å². The summed E-state index contributed by atoms with van der Waals surface area (Å²) in [5.74, 6) is 0. The third-order valence-electron chi connectivity index (χ3n) is 3.90. The first-order chi connectivity index (χ1) is 12.7. The van der Waals surface area contributed by atoms with Gasteiger partial charge in [0.2, 0.25) is 0 Å². The lowest BCUT2D eigenvalue weighted by atomic mass is 10.0. The van der Waals surface area contributed by atoms with Crippen LogP contribution in [0.3, 0.4) is 0 Å². The van der Waals surface area contributed by atoms with Crippen molar-refractivity contribution in [2.75, 3.05) is 18.2 Å². The van der Waals surface area contributed by atoms with Crippen molar-refractivity contribution in [3.05, 3.63) is 54.6 Å². The summed E-state index contributed by atoms with van der Waals surface area (Å²) in [6, 6.07) is 17.4. The lowest BCUT2D eigenvalue weighted by Gasteiger charge is -2.25. The maximum absolute atomic E-state index is 12.6. The van der Waals surface area contributed by atoms with Gasteiger partial charge in [0.1, 0.15) is 0 Å². The van der Waals surface area contributed by atoms with Crippen molar-refractivity contribution in [2.24, 2.45) is 0 Å². The predicted octanol–water partition coefficient (Wildman–Crippen LogP) is 4.62. The fraction of sp³-hybridized carbons (Fsp3) is 0.200. The van der Waals surface area contributed by atoms with E-state index in [2.05, 4.69) is 5.43 Å². The van der Waals surface area contributed by atoms with Crippen LogP contribution in [0, 0.1) is 0 Å². The summed E-state index contributed by atoms with van der Waals surface area (Å²) in [6.45, 7) is 3.78. The number of hydrazine groups is 1. The van der Waals surface area contributed by atoms with Crippen molar-refractivity contribution >= 4 is 39.4 Å². The predicted molar refractivity (Wildman–Crippen MR) is 101 cm³/mol. The molecule has 0 atom stereocenters. The molecule has 0 unspecified atom stereocenters. The zero-order chi connectivity index (χ0) is 18.5. The van der Waals surface area contributed by atoms with E-state index in [4.69, 9.17) is 9.47 Å². The highest BCUT2D eigenvalue weighted by Crippen LogP contribution is 2.35. The average Bonchev–Trinajstić information content (AvgIpc) is 2.65. The van der Waals surface area contributed by atoms with Gasteiger partial charge in [-0.25, -0.2) is 15.0 Å². The topological polar surface area (TPSA) is 67.9 Å². The van der Waals surface area contributed by atoms with Gasteiger partial charge in [0, 0.05) is 10.8 Å². The zero-order valence-corrected chi connectivity index (χ0v) is 14.7. The van der Waals surface area contributed by atoms with Crippen LogP contribution in [0.5, 0.6) is 0 Å². The van der Waals surface area contributed by atoms with E-state index in [1.807, 2.05) is 54.6 Å². The Labute approximate surface area is 151 Å². The van der Waals surface area contributed by atoms with Crippen LogP contribution >= 0.6 is 0 Å². The van der Waals surface area contributed by atoms with E-state index in [1.54, 1.807) is 13.8 Å². The minimum Gasteiger partial charge on any atom is -0.449 e. The largest absolute Gasteiger partial charge is 0.449 e. The van der Waals surface area contributed by atoms with E-state index in [1.165, 1.54) is 0 Å². The number of fused-ring (bicyclic) bond motifs is 2. The highest BCUT2D eigenvalue weighted by molar-refractivity contribution is 6.15. The lowest BCUT2D eigenvalue weighted by Crippen LogP contribution is -2.47. The Morgan fingerprint density at radius 3 is 1.96 bits per heavy atom. The van der Waals surface area contributed by atoms with Crippen LogP contribution in [-0.2, 0) is 9.47 Å². The molecular formula is C20H20N2O4. The maximum atomic E-state index is 12.6. The van der Waals surface area contributed by atoms with Gasteiger partial charge < -0.3 is 9.47 Å². The van der Waals surface area contributed by atoms with Crippen molar-refractivity contribution in [1.29, 1.82) is 0 Å². The molecule has 26 heavy (non-hydrogen) atoms. The van der Waals surface area contributed by atoms with Gasteiger partial charge in [-0.2, -0.15) is 5.01 Å². The SMILES string of the molecule is CCOC(=O)NN(C(=O)OCC)c1c2ccccc2cc2ccccc12. The Bertz CT molecular complexity index is 901. The highest BCUT2D eigenvalue weighted by Gasteiger charge is 2.24. The van der Waals surface area contributed by atoms with Gasteiger partial charge in [0.05, 0.1) is 18.9 Å². The molecule has 134 valence electrons. The Kier molecular flexibility index (Phi) is 5.22. The van der Waals surface area contributed by atoms with Crippen molar-refractivity contribution in [1.82, 2.24) is 5.43 Å². The van der Waals surface area contributed by atoms with Crippen molar-refractivity contribution in [3.63, 3.8) is 0 Å². The molecule has 0 aliphatic rings. The Morgan fingerprint density at radius 1 is 0.885 bits per heavy atom.